The molecule has 3 N–H and O–H groups in total. The van der Waals surface area contributed by atoms with E-state index in [0.29, 0.717) is 22.4 Å². The molecular formula is C14H13BrN2O2. The summed E-state index contributed by atoms with van der Waals surface area (Å²) in [5.74, 6) is -0.0873. The summed E-state index contributed by atoms with van der Waals surface area (Å²) in [4.78, 5) is 26.6. The minimum absolute atomic E-state index is 0.152. The number of ketones is 2. The Morgan fingerprint density at radius 1 is 1.21 bits per heavy atom. The number of hydrogen-bond donors (Lipinski definition) is 2. The van der Waals surface area contributed by atoms with Gasteiger partial charge in [-0.15, -0.1) is 0 Å². The van der Waals surface area contributed by atoms with Crippen LogP contribution in [0, 0.1) is 6.92 Å². The maximum absolute atomic E-state index is 12.4. The van der Waals surface area contributed by atoms with Crippen LogP contribution >= 0.6 is 15.9 Å². The highest BCUT2D eigenvalue weighted by Crippen LogP contribution is 2.23. The van der Waals surface area contributed by atoms with Crippen molar-refractivity contribution >= 4 is 33.3 Å². The van der Waals surface area contributed by atoms with Crippen molar-refractivity contribution < 1.29 is 9.59 Å². The third kappa shape index (κ3) is 2.46. The Morgan fingerprint density at radius 2 is 1.79 bits per heavy atom. The summed E-state index contributed by atoms with van der Waals surface area (Å²) in [7, 11) is 0. The second-order valence-electron chi connectivity index (χ2n) is 4.31. The van der Waals surface area contributed by atoms with Gasteiger partial charge in [-0.3, -0.25) is 9.59 Å². The molecule has 0 saturated carbocycles. The Kier molecular flexibility index (Phi) is 3.57. The number of halogens is 1. The fourth-order valence-electron chi connectivity index (χ4n) is 2.04. The highest BCUT2D eigenvalue weighted by molar-refractivity contribution is 9.10. The molecule has 1 aromatic heterocycles. The number of aromatic amines is 1. The number of carbonyl (C=O) groups is 2. The third-order valence-corrected chi connectivity index (χ3v) is 3.49. The van der Waals surface area contributed by atoms with Gasteiger partial charge in [0.15, 0.2) is 5.78 Å². The molecule has 2 aromatic rings. The predicted molar refractivity (Wildman–Crippen MR) is 77.5 cm³/mol. The molecule has 0 spiro atoms. The third-order valence-electron chi connectivity index (χ3n) is 2.96. The molecule has 0 unspecified atom stereocenters. The van der Waals surface area contributed by atoms with Crippen LogP contribution in [0.5, 0.6) is 0 Å². The topological polar surface area (TPSA) is 76.0 Å². The molecule has 0 atom stereocenters. The lowest BCUT2D eigenvalue weighted by Crippen LogP contribution is -2.04. The van der Waals surface area contributed by atoms with Gasteiger partial charge in [0.05, 0.1) is 11.3 Å². The van der Waals surface area contributed by atoms with E-state index in [-0.39, 0.29) is 17.4 Å². The van der Waals surface area contributed by atoms with E-state index in [1.807, 2.05) is 0 Å². The number of H-pyrrole nitrogens is 1. The first kappa shape index (κ1) is 13.5. The molecule has 0 amide bonds. The average molecular weight is 321 g/mol. The van der Waals surface area contributed by atoms with Crippen LogP contribution in [0.2, 0.25) is 0 Å². The van der Waals surface area contributed by atoms with Crippen LogP contribution in [-0.4, -0.2) is 16.6 Å². The molecule has 0 aliphatic heterocycles. The van der Waals surface area contributed by atoms with Gasteiger partial charge in [0.25, 0.3) is 0 Å². The molecular weight excluding hydrogens is 308 g/mol. The zero-order valence-electron chi connectivity index (χ0n) is 10.6. The van der Waals surface area contributed by atoms with Crippen molar-refractivity contribution in [3.05, 3.63) is 51.1 Å². The van der Waals surface area contributed by atoms with E-state index < -0.39 is 0 Å². The summed E-state index contributed by atoms with van der Waals surface area (Å²) >= 11 is 3.32. The molecule has 1 heterocycles. The number of anilines is 1. The van der Waals surface area contributed by atoms with E-state index in [1.54, 1.807) is 31.2 Å². The van der Waals surface area contributed by atoms with Gasteiger partial charge >= 0.3 is 0 Å². The van der Waals surface area contributed by atoms with Crippen LogP contribution in [0.1, 0.15) is 38.9 Å². The standard InChI is InChI=1S/C14H13BrN2O2/c1-7-11(8(2)18)14(16)17-12(7)13(19)9-3-5-10(15)6-4-9/h3-6,17H,16H2,1-2H3. The molecule has 0 fully saturated rings. The Bertz CT molecular complexity index is 657. The average Bonchev–Trinajstić information content (AvgIpc) is 2.65. The van der Waals surface area contributed by atoms with Crippen LogP contribution in [0.25, 0.3) is 0 Å². The number of rotatable bonds is 3. The van der Waals surface area contributed by atoms with E-state index in [2.05, 4.69) is 20.9 Å². The quantitative estimate of drug-likeness (QED) is 0.853. The molecule has 5 heteroatoms. The number of hydrogen-bond acceptors (Lipinski definition) is 3. The van der Waals surface area contributed by atoms with Gasteiger partial charge in [0, 0.05) is 10.0 Å². The Labute approximate surface area is 119 Å². The molecule has 98 valence electrons. The Balaban J connectivity index is 2.48. The fourth-order valence-corrected chi connectivity index (χ4v) is 2.31. The maximum Gasteiger partial charge on any atom is 0.209 e. The van der Waals surface area contributed by atoms with E-state index in [0.717, 1.165) is 4.47 Å². The van der Waals surface area contributed by atoms with Gasteiger partial charge in [0.1, 0.15) is 5.82 Å². The predicted octanol–water partition coefficient (Wildman–Crippen LogP) is 3.10. The monoisotopic (exact) mass is 320 g/mol. The van der Waals surface area contributed by atoms with Crippen molar-refractivity contribution in [2.75, 3.05) is 5.73 Å². The summed E-state index contributed by atoms with van der Waals surface area (Å²) in [5.41, 5.74) is 7.64. The minimum atomic E-state index is -0.177. The highest BCUT2D eigenvalue weighted by Gasteiger charge is 2.21. The second kappa shape index (κ2) is 5.01. The van der Waals surface area contributed by atoms with E-state index in [9.17, 15) is 9.59 Å². The largest absolute Gasteiger partial charge is 0.385 e. The van der Waals surface area contributed by atoms with E-state index in [4.69, 9.17) is 5.73 Å². The zero-order valence-corrected chi connectivity index (χ0v) is 12.2. The molecule has 4 nitrogen and oxygen atoms in total. The number of carbonyl (C=O) groups excluding carboxylic acids is 2. The van der Waals surface area contributed by atoms with Gasteiger partial charge in [-0.1, -0.05) is 15.9 Å². The van der Waals surface area contributed by atoms with E-state index in [1.165, 1.54) is 6.92 Å². The molecule has 0 aliphatic rings. The normalized spacial score (nSPS) is 10.5. The van der Waals surface area contributed by atoms with Gasteiger partial charge in [-0.2, -0.15) is 0 Å². The number of benzene rings is 1. The van der Waals surface area contributed by atoms with Crippen LogP contribution in [0.3, 0.4) is 0 Å². The van der Waals surface area contributed by atoms with Crippen molar-refractivity contribution in [3.8, 4) is 0 Å². The minimum Gasteiger partial charge on any atom is -0.385 e. The Hall–Kier alpha value is -1.88. The zero-order chi connectivity index (χ0) is 14.2. The lowest BCUT2D eigenvalue weighted by atomic mass is 10.0. The number of Topliss-reactive ketones (excluding diaryl/α,β-unsaturated/α-hetero) is 1. The maximum atomic E-state index is 12.4. The first-order chi connectivity index (χ1) is 8.91. The first-order valence-corrected chi connectivity index (χ1v) is 6.50. The van der Waals surface area contributed by atoms with Crippen LogP contribution in [0.4, 0.5) is 5.82 Å². The van der Waals surface area contributed by atoms with Crippen molar-refractivity contribution in [3.63, 3.8) is 0 Å². The molecule has 19 heavy (non-hydrogen) atoms. The fraction of sp³-hybridized carbons (Fsp3) is 0.143. The van der Waals surface area contributed by atoms with Crippen LogP contribution < -0.4 is 5.73 Å². The second-order valence-corrected chi connectivity index (χ2v) is 5.22. The van der Waals surface area contributed by atoms with Crippen molar-refractivity contribution in [1.82, 2.24) is 4.98 Å². The number of nitrogens with two attached hydrogens (primary N) is 1. The summed E-state index contributed by atoms with van der Waals surface area (Å²) in [5, 5.41) is 0. The summed E-state index contributed by atoms with van der Waals surface area (Å²) < 4.78 is 0.899. The molecule has 0 radical (unpaired) electrons. The van der Waals surface area contributed by atoms with Crippen LogP contribution in [-0.2, 0) is 0 Å². The highest BCUT2D eigenvalue weighted by atomic mass is 79.9. The number of nitrogens with one attached hydrogen (secondary N) is 1. The van der Waals surface area contributed by atoms with E-state index >= 15 is 0 Å². The lowest BCUT2D eigenvalue weighted by Gasteiger charge is -2.01. The van der Waals surface area contributed by atoms with Crippen LogP contribution in [0.15, 0.2) is 28.7 Å². The van der Waals surface area contributed by atoms with Gasteiger partial charge < -0.3 is 10.7 Å². The van der Waals surface area contributed by atoms with Gasteiger partial charge in [0.2, 0.25) is 5.78 Å². The van der Waals surface area contributed by atoms with Gasteiger partial charge in [-0.25, -0.2) is 0 Å². The molecule has 1 aromatic carbocycles. The van der Waals surface area contributed by atoms with Crippen molar-refractivity contribution in [2.24, 2.45) is 0 Å². The smallest absolute Gasteiger partial charge is 0.209 e. The van der Waals surface area contributed by atoms with Crippen molar-refractivity contribution in [2.45, 2.75) is 13.8 Å². The lowest BCUT2D eigenvalue weighted by molar-refractivity contribution is 0.101. The van der Waals surface area contributed by atoms with Crippen molar-refractivity contribution in [1.29, 1.82) is 0 Å². The summed E-state index contributed by atoms with van der Waals surface area (Å²) in [6.45, 7) is 3.15. The molecule has 0 aliphatic carbocycles. The SMILES string of the molecule is CC(=O)c1c(N)[nH]c(C(=O)c2ccc(Br)cc2)c1C. The van der Waals surface area contributed by atoms with Gasteiger partial charge in [-0.05, 0) is 43.7 Å². The molecule has 0 saturated heterocycles. The summed E-state index contributed by atoms with van der Waals surface area (Å²) in [6.07, 6.45) is 0. The summed E-state index contributed by atoms with van der Waals surface area (Å²) in [6, 6.07) is 7.02. The number of aromatic nitrogens is 1. The molecule has 0 bridgehead atoms. The number of nitrogen functional groups attached to an aromatic ring is 1. The molecule has 2 rings (SSSR count). The first-order valence-electron chi connectivity index (χ1n) is 5.71. The Morgan fingerprint density at radius 3 is 2.26 bits per heavy atom.